The van der Waals surface area contributed by atoms with Crippen molar-refractivity contribution in [1.29, 1.82) is 5.26 Å². The van der Waals surface area contributed by atoms with E-state index in [1.165, 1.54) is 11.2 Å². The number of nitriles is 1. The molecule has 0 bridgehead atoms. The van der Waals surface area contributed by atoms with Crippen molar-refractivity contribution in [2.75, 3.05) is 13.2 Å². The highest BCUT2D eigenvalue weighted by Crippen LogP contribution is 2.19. The Morgan fingerprint density at radius 2 is 1.69 bits per heavy atom. The third kappa shape index (κ3) is 5.56. The molecular weight excluding hydrogens is 368 g/mol. The zero-order chi connectivity index (χ0) is 20.5. The van der Waals surface area contributed by atoms with E-state index in [0.29, 0.717) is 11.3 Å². The maximum Gasteiger partial charge on any atom is 0.338 e. The molecule has 0 saturated heterocycles. The molecule has 146 valence electrons. The number of carbonyl (C=O) groups excluding carboxylic acids is 2. The van der Waals surface area contributed by atoms with Crippen LogP contribution in [0.2, 0.25) is 0 Å². The first-order chi connectivity index (χ1) is 14.2. The Kier molecular flexibility index (Phi) is 6.80. The summed E-state index contributed by atoms with van der Waals surface area (Å²) in [7, 11) is 0. The number of carbonyl (C=O) groups is 2. The van der Waals surface area contributed by atoms with Gasteiger partial charge in [-0.05, 0) is 35.4 Å². The molecule has 0 spiro atoms. The van der Waals surface area contributed by atoms with Crippen LogP contribution in [0.15, 0.2) is 77.4 Å². The summed E-state index contributed by atoms with van der Waals surface area (Å²) in [4.78, 5) is 26.2. The molecule has 0 radical (unpaired) electrons. The van der Waals surface area contributed by atoms with E-state index in [-0.39, 0.29) is 25.4 Å². The van der Waals surface area contributed by atoms with Crippen LogP contribution in [0.25, 0.3) is 11.1 Å². The molecule has 0 saturated carbocycles. The number of hydrogen-bond acceptors (Lipinski definition) is 5. The number of benzene rings is 2. The molecular formula is C23H20N2O4. The summed E-state index contributed by atoms with van der Waals surface area (Å²) < 4.78 is 10.4. The molecule has 0 fully saturated rings. The molecule has 1 heterocycles. The Morgan fingerprint density at radius 3 is 2.34 bits per heavy atom. The molecule has 0 N–H and O–H groups in total. The van der Waals surface area contributed by atoms with Crippen LogP contribution in [-0.4, -0.2) is 29.9 Å². The van der Waals surface area contributed by atoms with Crippen molar-refractivity contribution in [3.63, 3.8) is 0 Å². The summed E-state index contributed by atoms with van der Waals surface area (Å²) in [5.41, 5.74) is 2.40. The second-order valence-corrected chi connectivity index (χ2v) is 6.32. The zero-order valence-electron chi connectivity index (χ0n) is 15.8. The molecule has 1 aromatic heterocycles. The van der Waals surface area contributed by atoms with E-state index in [9.17, 15) is 9.59 Å². The average molecular weight is 388 g/mol. The summed E-state index contributed by atoms with van der Waals surface area (Å²) in [5.74, 6) is -0.360. The van der Waals surface area contributed by atoms with Crippen LogP contribution in [0.4, 0.5) is 0 Å². The molecule has 2 aromatic carbocycles. The smallest absolute Gasteiger partial charge is 0.338 e. The van der Waals surface area contributed by atoms with Gasteiger partial charge in [-0.25, -0.2) is 4.79 Å². The first-order valence-electron chi connectivity index (χ1n) is 9.17. The third-order valence-corrected chi connectivity index (χ3v) is 4.33. The van der Waals surface area contributed by atoms with Gasteiger partial charge in [0, 0.05) is 6.54 Å². The van der Waals surface area contributed by atoms with Gasteiger partial charge in [0.05, 0.1) is 30.9 Å². The van der Waals surface area contributed by atoms with E-state index in [0.717, 1.165) is 11.1 Å². The molecule has 0 aliphatic carbocycles. The van der Waals surface area contributed by atoms with Crippen molar-refractivity contribution in [2.24, 2.45) is 0 Å². The molecule has 0 atom stereocenters. The van der Waals surface area contributed by atoms with Crippen LogP contribution in [0.3, 0.4) is 0 Å². The number of esters is 1. The van der Waals surface area contributed by atoms with Crippen molar-refractivity contribution >= 4 is 11.9 Å². The number of ether oxygens (including phenoxy) is 1. The summed E-state index contributed by atoms with van der Waals surface area (Å²) in [5, 5.41) is 8.80. The van der Waals surface area contributed by atoms with Crippen LogP contribution in [0.5, 0.6) is 0 Å². The van der Waals surface area contributed by atoms with Crippen LogP contribution in [0.1, 0.15) is 22.5 Å². The van der Waals surface area contributed by atoms with E-state index >= 15 is 0 Å². The second kappa shape index (κ2) is 9.90. The molecule has 3 rings (SSSR count). The fourth-order valence-corrected chi connectivity index (χ4v) is 2.80. The highest BCUT2D eigenvalue weighted by molar-refractivity contribution is 5.91. The Labute approximate surface area is 168 Å². The molecule has 6 heteroatoms. The molecule has 6 nitrogen and oxygen atoms in total. The topological polar surface area (TPSA) is 83.5 Å². The van der Waals surface area contributed by atoms with E-state index in [2.05, 4.69) is 0 Å². The number of furan rings is 1. The highest BCUT2D eigenvalue weighted by atomic mass is 16.5. The predicted molar refractivity (Wildman–Crippen MR) is 107 cm³/mol. The third-order valence-electron chi connectivity index (χ3n) is 4.33. The fraction of sp³-hybridized carbons (Fsp3) is 0.174. The SMILES string of the molecule is N#CCCN(Cc1ccco1)C(=O)COC(=O)c1ccc(-c2ccccc2)cc1. The maximum absolute atomic E-state index is 12.4. The first kappa shape index (κ1) is 19.9. The monoisotopic (exact) mass is 388 g/mol. The summed E-state index contributed by atoms with van der Waals surface area (Å²) >= 11 is 0. The number of hydrogen-bond donors (Lipinski definition) is 0. The molecule has 0 unspecified atom stereocenters. The minimum Gasteiger partial charge on any atom is -0.467 e. The Hall–Kier alpha value is -3.85. The number of nitrogens with zero attached hydrogens (tertiary/aromatic N) is 2. The molecule has 29 heavy (non-hydrogen) atoms. The van der Waals surface area contributed by atoms with E-state index in [4.69, 9.17) is 14.4 Å². The van der Waals surface area contributed by atoms with Gasteiger partial charge in [0.1, 0.15) is 5.76 Å². The Balaban J connectivity index is 1.58. The van der Waals surface area contributed by atoms with Crippen molar-refractivity contribution in [2.45, 2.75) is 13.0 Å². The van der Waals surface area contributed by atoms with Gasteiger partial charge in [-0.3, -0.25) is 4.79 Å². The lowest BCUT2D eigenvalue weighted by atomic mass is 10.0. The normalized spacial score (nSPS) is 10.2. The van der Waals surface area contributed by atoms with Crippen LogP contribution in [-0.2, 0) is 16.1 Å². The molecule has 0 aliphatic heterocycles. The quantitative estimate of drug-likeness (QED) is 0.544. The second-order valence-electron chi connectivity index (χ2n) is 6.32. The summed E-state index contributed by atoms with van der Waals surface area (Å²) in [6.45, 7) is 0.0571. The largest absolute Gasteiger partial charge is 0.467 e. The van der Waals surface area contributed by atoms with E-state index < -0.39 is 12.6 Å². The van der Waals surface area contributed by atoms with Crippen molar-refractivity contribution in [1.82, 2.24) is 4.90 Å². The number of rotatable bonds is 8. The molecule has 0 aliphatic rings. The number of amides is 1. The van der Waals surface area contributed by atoms with Gasteiger partial charge in [0.15, 0.2) is 6.61 Å². The summed E-state index contributed by atoms with van der Waals surface area (Å²) in [6, 6.07) is 22.3. The Morgan fingerprint density at radius 1 is 0.966 bits per heavy atom. The maximum atomic E-state index is 12.4. The van der Waals surface area contributed by atoms with Crippen molar-refractivity contribution in [3.05, 3.63) is 84.3 Å². The van der Waals surface area contributed by atoms with Crippen LogP contribution >= 0.6 is 0 Å². The lowest BCUT2D eigenvalue weighted by molar-refractivity contribution is -0.135. The minimum atomic E-state index is -0.573. The zero-order valence-corrected chi connectivity index (χ0v) is 15.8. The van der Waals surface area contributed by atoms with E-state index in [1.54, 1.807) is 24.3 Å². The minimum absolute atomic E-state index is 0.182. The fourth-order valence-electron chi connectivity index (χ4n) is 2.80. The van der Waals surface area contributed by atoms with Gasteiger partial charge < -0.3 is 14.1 Å². The average Bonchev–Trinajstić information content (AvgIpc) is 3.28. The molecule has 1 amide bonds. The van der Waals surface area contributed by atoms with Gasteiger partial charge in [-0.15, -0.1) is 0 Å². The predicted octanol–water partition coefficient (Wildman–Crippen LogP) is 4.05. The van der Waals surface area contributed by atoms with Gasteiger partial charge >= 0.3 is 5.97 Å². The van der Waals surface area contributed by atoms with Gasteiger partial charge in [-0.2, -0.15) is 5.26 Å². The van der Waals surface area contributed by atoms with Gasteiger partial charge in [-0.1, -0.05) is 42.5 Å². The van der Waals surface area contributed by atoms with Crippen molar-refractivity contribution in [3.8, 4) is 17.2 Å². The lowest BCUT2D eigenvalue weighted by Gasteiger charge is -2.20. The van der Waals surface area contributed by atoms with E-state index in [1.807, 2.05) is 48.5 Å². The van der Waals surface area contributed by atoms with Crippen LogP contribution in [0, 0.1) is 11.3 Å². The van der Waals surface area contributed by atoms with Crippen LogP contribution < -0.4 is 0 Å². The van der Waals surface area contributed by atoms with Gasteiger partial charge in [0.25, 0.3) is 5.91 Å². The Bertz CT molecular complexity index is 974. The first-order valence-corrected chi connectivity index (χ1v) is 9.17. The lowest BCUT2D eigenvalue weighted by Crippen LogP contribution is -2.34. The summed E-state index contributed by atoms with van der Waals surface area (Å²) in [6.07, 6.45) is 1.70. The van der Waals surface area contributed by atoms with Gasteiger partial charge in [0.2, 0.25) is 0 Å². The van der Waals surface area contributed by atoms with Crippen molar-refractivity contribution < 1.29 is 18.7 Å². The standard InChI is InChI=1S/C23H20N2O4/c24-13-5-14-25(16-21-8-4-15-28-21)22(26)17-29-23(27)20-11-9-19(10-12-20)18-6-2-1-3-7-18/h1-4,6-12,15H,5,14,16-17H2. The molecule has 3 aromatic rings. The highest BCUT2D eigenvalue weighted by Gasteiger charge is 2.18.